The first kappa shape index (κ1) is 17.1. The molecule has 0 radical (unpaired) electrons. The molecule has 1 aromatic rings. The van der Waals surface area contributed by atoms with Crippen LogP contribution in [0.3, 0.4) is 0 Å². The largest absolute Gasteiger partial charge is 0.493 e. The molecule has 0 aliphatic heterocycles. The Bertz CT molecular complexity index is 621. The van der Waals surface area contributed by atoms with Crippen molar-refractivity contribution in [2.45, 2.75) is 26.4 Å². The molecule has 0 aromatic heterocycles. The van der Waals surface area contributed by atoms with Gasteiger partial charge in [-0.25, -0.2) is 4.79 Å². The summed E-state index contributed by atoms with van der Waals surface area (Å²) in [6, 6.07) is 4.18. The quantitative estimate of drug-likeness (QED) is 0.871. The van der Waals surface area contributed by atoms with Gasteiger partial charge in [-0.05, 0) is 32.9 Å². The molecule has 0 saturated carbocycles. The SMILES string of the molecule is COc1ccc(NC(=O)OC(C)(C)C)cc1OS(N)(=O)=O. The van der Waals surface area contributed by atoms with Crippen molar-refractivity contribution in [3.8, 4) is 11.5 Å². The van der Waals surface area contributed by atoms with E-state index in [0.717, 1.165) is 0 Å². The highest BCUT2D eigenvalue weighted by molar-refractivity contribution is 7.84. The van der Waals surface area contributed by atoms with Gasteiger partial charge in [0.15, 0.2) is 11.5 Å². The minimum Gasteiger partial charge on any atom is -0.493 e. The van der Waals surface area contributed by atoms with Crippen molar-refractivity contribution in [2.24, 2.45) is 5.14 Å². The number of carbonyl (C=O) groups is 1. The molecule has 0 unspecified atom stereocenters. The van der Waals surface area contributed by atoms with E-state index in [0.29, 0.717) is 0 Å². The summed E-state index contributed by atoms with van der Waals surface area (Å²) in [6.45, 7) is 5.16. The third kappa shape index (κ3) is 6.32. The maximum Gasteiger partial charge on any atom is 0.412 e. The number of carbonyl (C=O) groups excluding carboxylic acids is 1. The van der Waals surface area contributed by atoms with Crippen LogP contribution in [0.15, 0.2) is 18.2 Å². The number of ether oxygens (including phenoxy) is 2. The lowest BCUT2D eigenvalue weighted by Gasteiger charge is -2.20. The highest BCUT2D eigenvalue weighted by Gasteiger charge is 2.17. The molecule has 9 heteroatoms. The van der Waals surface area contributed by atoms with Crippen LogP contribution in [0.5, 0.6) is 11.5 Å². The zero-order valence-corrected chi connectivity index (χ0v) is 13.0. The van der Waals surface area contributed by atoms with Crippen LogP contribution in [0.2, 0.25) is 0 Å². The number of benzene rings is 1. The van der Waals surface area contributed by atoms with E-state index in [1.54, 1.807) is 20.8 Å². The Morgan fingerprint density at radius 3 is 2.33 bits per heavy atom. The molecule has 0 aliphatic carbocycles. The van der Waals surface area contributed by atoms with Crippen molar-refractivity contribution in [3.05, 3.63) is 18.2 Å². The summed E-state index contributed by atoms with van der Waals surface area (Å²) in [6.07, 6.45) is -0.686. The van der Waals surface area contributed by atoms with E-state index in [1.165, 1.54) is 25.3 Å². The molecule has 0 saturated heterocycles. The second-order valence-electron chi connectivity index (χ2n) is 5.07. The maximum atomic E-state index is 11.6. The van der Waals surface area contributed by atoms with Crippen molar-refractivity contribution < 1.29 is 26.9 Å². The third-order valence-electron chi connectivity index (χ3n) is 2.01. The highest BCUT2D eigenvalue weighted by atomic mass is 32.2. The number of amides is 1. The van der Waals surface area contributed by atoms with Crippen molar-refractivity contribution in [1.29, 1.82) is 0 Å². The highest BCUT2D eigenvalue weighted by Crippen LogP contribution is 2.31. The molecule has 0 bridgehead atoms. The Morgan fingerprint density at radius 1 is 1.24 bits per heavy atom. The van der Waals surface area contributed by atoms with Crippen LogP contribution in [0.1, 0.15) is 20.8 Å². The number of rotatable bonds is 4. The van der Waals surface area contributed by atoms with Gasteiger partial charge in [-0.1, -0.05) is 0 Å². The minimum atomic E-state index is -4.21. The van der Waals surface area contributed by atoms with E-state index >= 15 is 0 Å². The van der Waals surface area contributed by atoms with E-state index < -0.39 is 22.0 Å². The van der Waals surface area contributed by atoms with Gasteiger partial charge in [0.1, 0.15) is 5.60 Å². The first-order chi connectivity index (χ1) is 9.50. The maximum absolute atomic E-state index is 11.6. The molecule has 21 heavy (non-hydrogen) atoms. The van der Waals surface area contributed by atoms with E-state index in [4.69, 9.17) is 14.6 Å². The molecule has 1 rings (SSSR count). The average molecular weight is 318 g/mol. The molecule has 1 amide bonds. The number of nitrogens with two attached hydrogens (primary N) is 1. The first-order valence-corrected chi connectivity index (χ1v) is 7.37. The number of methoxy groups -OCH3 is 1. The Labute approximate surface area is 123 Å². The van der Waals surface area contributed by atoms with E-state index in [9.17, 15) is 13.2 Å². The van der Waals surface area contributed by atoms with Gasteiger partial charge in [0.05, 0.1) is 7.11 Å². The fourth-order valence-electron chi connectivity index (χ4n) is 1.37. The Hall–Kier alpha value is -2.00. The molecule has 8 nitrogen and oxygen atoms in total. The van der Waals surface area contributed by atoms with Crippen molar-refractivity contribution in [3.63, 3.8) is 0 Å². The van der Waals surface area contributed by atoms with Gasteiger partial charge in [-0.3, -0.25) is 5.32 Å². The van der Waals surface area contributed by atoms with Gasteiger partial charge >= 0.3 is 16.4 Å². The lowest BCUT2D eigenvalue weighted by molar-refractivity contribution is 0.0636. The fourth-order valence-corrected chi connectivity index (χ4v) is 1.75. The predicted octanol–water partition coefficient (Wildman–Crippen LogP) is 1.62. The summed E-state index contributed by atoms with van der Waals surface area (Å²) >= 11 is 0. The van der Waals surface area contributed by atoms with Crippen LogP contribution >= 0.6 is 0 Å². The van der Waals surface area contributed by atoms with Gasteiger partial charge in [0.2, 0.25) is 0 Å². The predicted molar refractivity (Wildman–Crippen MR) is 76.6 cm³/mol. The van der Waals surface area contributed by atoms with Crippen molar-refractivity contribution in [2.75, 3.05) is 12.4 Å². The van der Waals surface area contributed by atoms with E-state index in [2.05, 4.69) is 9.50 Å². The van der Waals surface area contributed by atoms with Crippen LogP contribution in [-0.4, -0.2) is 27.2 Å². The lowest BCUT2D eigenvalue weighted by atomic mass is 10.2. The summed E-state index contributed by atoms with van der Waals surface area (Å²) in [7, 11) is -2.87. The number of hydrogen-bond acceptors (Lipinski definition) is 6. The molecule has 118 valence electrons. The monoisotopic (exact) mass is 318 g/mol. The number of nitrogens with one attached hydrogen (secondary N) is 1. The molecule has 0 spiro atoms. The summed E-state index contributed by atoms with van der Waals surface area (Å²) in [5.74, 6) is 0.00678. The molecule has 0 fully saturated rings. The van der Waals surface area contributed by atoms with Crippen LogP contribution in [-0.2, 0) is 15.0 Å². The molecule has 0 aliphatic rings. The summed E-state index contributed by atoms with van der Waals surface area (Å²) < 4.78 is 36.6. The van der Waals surface area contributed by atoms with Gasteiger partial charge in [-0.2, -0.15) is 13.6 Å². The van der Waals surface area contributed by atoms with Crippen LogP contribution in [0, 0.1) is 0 Å². The lowest BCUT2D eigenvalue weighted by Crippen LogP contribution is -2.27. The van der Waals surface area contributed by atoms with Crippen LogP contribution in [0.4, 0.5) is 10.5 Å². The minimum absolute atomic E-state index is 0.145. The van der Waals surface area contributed by atoms with Gasteiger partial charge < -0.3 is 13.7 Å². The first-order valence-electron chi connectivity index (χ1n) is 5.90. The molecule has 1 aromatic carbocycles. The summed E-state index contributed by atoms with van der Waals surface area (Å²) in [5, 5.41) is 7.25. The average Bonchev–Trinajstić information content (AvgIpc) is 2.24. The van der Waals surface area contributed by atoms with Gasteiger partial charge in [0.25, 0.3) is 0 Å². The smallest absolute Gasteiger partial charge is 0.412 e. The molecule has 0 heterocycles. The Morgan fingerprint density at radius 2 is 1.86 bits per heavy atom. The second kappa shape index (κ2) is 6.19. The fraction of sp³-hybridized carbons (Fsp3) is 0.417. The van der Waals surface area contributed by atoms with Crippen LogP contribution in [0.25, 0.3) is 0 Å². The number of anilines is 1. The summed E-state index contributed by atoms with van der Waals surface area (Å²) in [4.78, 5) is 11.6. The van der Waals surface area contributed by atoms with E-state index in [1.807, 2.05) is 0 Å². The normalized spacial score (nSPS) is 11.7. The second-order valence-corrected chi connectivity index (χ2v) is 6.22. The Balaban J connectivity index is 2.95. The van der Waals surface area contributed by atoms with Gasteiger partial charge in [0, 0.05) is 11.8 Å². The van der Waals surface area contributed by atoms with Crippen molar-refractivity contribution >= 4 is 22.1 Å². The molecular formula is C12H18N2O6S. The van der Waals surface area contributed by atoms with Crippen molar-refractivity contribution in [1.82, 2.24) is 0 Å². The van der Waals surface area contributed by atoms with Crippen LogP contribution < -0.4 is 19.4 Å². The summed E-state index contributed by atoms with van der Waals surface area (Å²) in [5.41, 5.74) is -0.389. The van der Waals surface area contributed by atoms with E-state index in [-0.39, 0.29) is 17.2 Å². The topological polar surface area (TPSA) is 117 Å². The zero-order chi connectivity index (χ0) is 16.3. The molecule has 3 N–H and O–H groups in total. The molecule has 0 atom stereocenters. The third-order valence-corrected chi connectivity index (χ3v) is 2.43. The zero-order valence-electron chi connectivity index (χ0n) is 12.2. The molecular weight excluding hydrogens is 300 g/mol. The number of hydrogen-bond donors (Lipinski definition) is 2. The Kier molecular flexibility index (Phi) is 5.02. The van der Waals surface area contributed by atoms with Gasteiger partial charge in [-0.15, -0.1) is 0 Å². The standard InChI is InChI=1S/C12H18N2O6S/c1-12(2,3)19-11(15)14-8-5-6-9(18-4)10(7-8)20-21(13,16)17/h5-7H,1-4H3,(H,14,15)(H2,13,16,17).